The summed E-state index contributed by atoms with van der Waals surface area (Å²) in [7, 11) is 8.48. The molecule has 192 valence electrons. The number of hydrogen-bond acceptors (Lipinski definition) is 6. The zero-order chi connectivity index (χ0) is 26.0. The molecule has 8 heteroatoms. The number of aromatic nitrogens is 2. The van der Waals surface area contributed by atoms with Crippen molar-refractivity contribution in [2.45, 2.75) is 19.4 Å². The van der Waals surface area contributed by atoms with Crippen LogP contribution in [-0.2, 0) is 11.3 Å². The van der Waals surface area contributed by atoms with E-state index in [1.165, 1.54) is 6.42 Å². The normalized spacial score (nSPS) is 16.8. The molecule has 2 aromatic heterocycles. The summed E-state index contributed by atoms with van der Waals surface area (Å²) in [5.41, 5.74) is 6.28. The predicted molar refractivity (Wildman–Crippen MR) is 151 cm³/mol. The monoisotopic (exact) mass is 498 g/mol. The maximum atomic E-state index is 13.6. The molecule has 0 spiro atoms. The Balaban J connectivity index is 1.48. The lowest BCUT2D eigenvalue weighted by Gasteiger charge is -2.33. The fourth-order valence-corrected chi connectivity index (χ4v) is 4.97. The highest BCUT2D eigenvalue weighted by Crippen LogP contribution is 2.32. The van der Waals surface area contributed by atoms with Crippen LogP contribution in [0.1, 0.15) is 24.0 Å². The molecule has 0 atom stereocenters. The fourth-order valence-electron chi connectivity index (χ4n) is 4.97. The lowest BCUT2D eigenvalue weighted by Crippen LogP contribution is -2.44. The SMILES string of the molecule is CN(C)Cc1cncc(-c2ccc3c(c2)C(C(=O)Nc2ccc(N4CCC4)nc2)=NCCC[N+]3(C)C)c1. The fraction of sp³-hybridized carbons (Fsp3) is 0.379. The van der Waals surface area contributed by atoms with Crippen LogP contribution in [0.3, 0.4) is 0 Å². The molecule has 0 radical (unpaired) electrons. The minimum absolute atomic E-state index is 0.210. The second-order valence-electron chi connectivity index (χ2n) is 10.7. The summed E-state index contributed by atoms with van der Waals surface area (Å²) in [6, 6.07) is 12.4. The van der Waals surface area contributed by atoms with Gasteiger partial charge in [-0.2, -0.15) is 0 Å². The van der Waals surface area contributed by atoms with E-state index in [1.54, 1.807) is 6.20 Å². The van der Waals surface area contributed by atoms with Crippen LogP contribution in [-0.4, -0.2) is 80.9 Å². The third-order valence-electron chi connectivity index (χ3n) is 7.08. The highest BCUT2D eigenvalue weighted by molar-refractivity contribution is 6.50. The van der Waals surface area contributed by atoms with E-state index in [-0.39, 0.29) is 5.91 Å². The molecule has 1 saturated heterocycles. The first-order chi connectivity index (χ1) is 17.8. The Morgan fingerprint density at radius 2 is 1.86 bits per heavy atom. The van der Waals surface area contributed by atoms with Gasteiger partial charge in [0.2, 0.25) is 0 Å². The van der Waals surface area contributed by atoms with E-state index in [0.29, 0.717) is 22.4 Å². The number of rotatable bonds is 6. The summed E-state index contributed by atoms with van der Waals surface area (Å²) in [6.45, 7) is 4.45. The van der Waals surface area contributed by atoms with Gasteiger partial charge in [0.1, 0.15) is 17.2 Å². The summed E-state index contributed by atoms with van der Waals surface area (Å²) >= 11 is 0. The number of quaternary nitrogens is 1. The van der Waals surface area contributed by atoms with E-state index < -0.39 is 0 Å². The van der Waals surface area contributed by atoms with Crippen molar-refractivity contribution >= 4 is 28.8 Å². The number of benzene rings is 1. The van der Waals surface area contributed by atoms with Gasteiger partial charge in [-0.3, -0.25) is 19.3 Å². The first-order valence-corrected chi connectivity index (χ1v) is 12.9. The molecule has 37 heavy (non-hydrogen) atoms. The molecule has 8 nitrogen and oxygen atoms in total. The maximum Gasteiger partial charge on any atom is 0.274 e. The van der Waals surface area contributed by atoms with E-state index in [9.17, 15) is 4.79 Å². The van der Waals surface area contributed by atoms with E-state index >= 15 is 0 Å². The van der Waals surface area contributed by atoms with E-state index in [0.717, 1.165) is 66.4 Å². The van der Waals surface area contributed by atoms with Crippen molar-refractivity contribution < 1.29 is 4.79 Å². The number of carbonyl (C=O) groups is 1. The molecule has 0 saturated carbocycles. The molecule has 1 fully saturated rings. The number of aliphatic imine (C=N–C) groups is 1. The maximum absolute atomic E-state index is 13.6. The van der Waals surface area contributed by atoms with Crippen LogP contribution in [0.4, 0.5) is 17.2 Å². The molecule has 3 aromatic rings. The Hall–Kier alpha value is -3.62. The molecule has 2 aliphatic rings. The van der Waals surface area contributed by atoms with Crippen LogP contribution in [0, 0.1) is 0 Å². The minimum atomic E-state index is -0.210. The predicted octanol–water partition coefficient (Wildman–Crippen LogP) is 3.81. The summed E-state index contributed by atoms with van der Waals surface area (Å²) < 4.78 is 0.687. The molecule has 2 aliphatic heterocycles. The average Bonchev–Trinajstić information content (AvgIpc) is 2.82. The number of fused-ring (bicyclic) bond motifs is 1. The van der Waals surface area contributed by atoms with Crippen molar-refractivity contribution in [3.63, 3.8) is 0 Å². The van der Waals surface area contributed by atoms with Crippen LogP contribution < -0.4 is 14.7 Å². The van der Waals surface area contributed by atoms with Gasteiger partial charge in [0, 0.05) is 56.6 Å². The van der Waals surface area contributed by atoms with Crippen LogP contribution in [0.25, 0.3) is 11.1 Å². The van der Waals surface area contributed by atoms with Gasteiger partial charge in [-0.1, -0.05) is 0 Å². The Morgan fingerprint density at radius 3 is 2.57 bits per heavy atom. The van der Waals surface area contributed by atoms with Crippen molar-refractivity contribution in [1.82, 2.24) is 19.4 Å². The standard InChI is InChI=1S/C29H35N7O/c1-34(2)20-21-15-23(18-30-17-21)22-7-9-26-25(16-22)28(31-11-5-14-36(26,3)4)29(37)33-24-8-10-27(32-19-24)35-12-6-13-35/h7-10,15-19H,5-6,11-14,20H2,1-4H3/p+1. The lowest BCUT2D eigenvalue weighted by molar-refractivity contribution is -0.110. The van der Waals surface area contributed by atoms with Crippen molar-refractivity contribution in [2.24, 2.45) is 4.99 Å². The average molecular weight is 499 g/mol. The van der Waals surface area contributed by atoms with E-state index in [4.69, 9.17) is 4.99 Å². The Kier molecular flexibility index (Phi) is 7.04. The second kappa shape index (κ2) is 10.4. The summed E-state index contributed by atoms with van der Waals surface area (Å²) in [6.07, 6.45) is 7.62. The Morgan fingerprint density at radius 1 is 1.03 bits per heavy atom. The molecular weight excluding hydrogens is 462 g/mol. The molecule has 4 heterocycles. The molecule has 5 rings (SSSR count). The topological polar surface area (TPSA) is 73.7 Å². The third kappa shape index (κ3) is 5.55. The highest BCUT2D eigenvalue weighted by Gasteiger charge is 2.30. The van der Waals surface area contributed by atoms with Gasteiger partial charge in [0.15, 0.2) is 0 Å². The quantitative estimate of drug-likeness (QED) is 0.523. The van der Waals surface area contributed by atoms with Gasteiger partial charge in [-0.15, -0.1) is 0 Å². The van der Waals surface area contributed by atoms with Gasteiger partial charge >= 0.3 is 0 Å². The number of nitrogens with zero attached hydrogens (tertiary/aromatic N) is 6. The first-order valence-electron chi connectivity index (χ1n) is 12.9. The zero-order valence-corrected chi connectivity index (χ0v) is 22.2. The minimum Gasteiger partial charge on any atom is -0.356 e. The molecule has 1 aromatic carbocycles. The number of carbonyl (C=O) groups excluding carboxylic acids is 1. The van der Waals surface area contributed by atoms with Crippen LogP contribution in [0.2, 0.25) is 0 Å². The van der Waals surface area contributed by atoms with Crippen molar-refractivity contribution in [3.05, 3.63) is 66.1 Å². The van der Waals surface area contributed by atoms with Crippen LogP contribution in [0.15, 0.2) is 60.0 Å². The molecule has 0 aliphatic carbocycles. The number of nitrogens with one attached hydrogen (secondary N) is 1. The molecular formula is C29H36N7O+. The zero-order valence-electron chi connectivity index (χ0n) is 22.2. The molecule has 0 bridgehead atoms. The van der Waals surface area contributed by atoms with Gasteiger partial charge < -0.3 is 15.1 Å². The molecule has 1 N–H and O–H groups in total. The smallest absolute Gasteiger partial charge is 0.274 e. The molecule has 1 amide bonds. The van der Waals surface area contributed by atoms with Crippen molar-refractivity contribution in [2.75, 3.05) is 64.6 Å². The number of hydrogen-bond donors (Lipinski definition) is 1. The van der Waals surface area contributed by atoms with Crippen LogP contribution >= 0.6 is 0 Å². The summed E-state index contributed by atoms with van der Waals surface area (Å²) in [5, 5.41) is 3.04. The van der Waals surface area contributed by atoms with Crippen molar-refractivity contribution in [3.8, 4) is 11.1 Å². The Bertz CT molecular complexity index is 1310. The highest BCUT2D eigenvalue weighted by atomic mass is 16.1. The van der Waals surface area contributed by atoms with Crippen molar-refractivity contribution in [1.29, 1.82) is 0 Å². The second-order valence-corrected chi connectivity index (χ2v) is 10.7. The van der Waals surface area contributed by atoms with Gasteiger partial charge in [0.25, 0.3) is 5.91 Å². The number of amides is 1. The summed E-state index contributed by atoms with van der Waals surface area (Å²) in [5.74, 6) is 0.741. The first kappa shape index (κ1) is 25.0. The van der Waals surface area contributed by atoms with E-state index in [2.05, 4.69) is 63.4 Å². The van der Waals surface area contributed by atoms with Gasteiger partial charge in [-0.05, 0) is 62.0 Å². The van der Waals surface area contributed by atoms with Crippen LogP contribution in [0.5, 0.6) is 0 Å². The van der Waals surface area contributed by atoms with E-state index in [1.807, 2.05) is 38.6 Å². The number of anilines is 2. The summed E-state index contributed by atoms with van der Waals surface area (Å²) in [4.78, 5) is 31.8. The van der Waals surface area contributed by atoms with Gasteiger partial charge in [0.05, 0.1) is 38.1 Å². The third-order valence-corrected chi connectivity index (χ3v) is 7.08. The lowest BCUT2D eigenvalue weighted by atomic mass is 9.97. The van der Waals surface area contributed by atoms with Gasteiger partial charge in [-0.25, -0.2) is 4.98 Å². The molecule has 0 unspecified atom stereocenters. The largest absolute Gasteiger partial charge is 0.356 e. The Labute approximate surface area is 219 Å². The number of pyridine rings is 2.